The molecule has 4 rings (SSSR count). The van der Waals surface area contributed by atoms with E-state index in [0.29, 0.717) is 35.9 Å². The quantitative estimate of drug-likeness (QED) is 0.162. The van der Waals surface area contributed by atoms with Gasteiger partial charge < -0.3 is 31.2 Å². The SMILES string of the molecule is CCOc1ccc(CC(NC(=O)c2ccc(OC)cc2)C(=O)NC(Cc2ccccn2)C(=O)NCc2ccc(CN)cc2)cc1. The van der Waals surface area contributed by atoms with Crippen LogP contribution in [0.1, 0.15) is 39.7 Å². The summed E-state index contributed by atoms with van der Waals surface area (Å²) in [4.78, 5) is 44.9. The van der Waals surface area contributed by atoms with Crippen LogP contribution in [-0.2, 0) is 35.5 Å². The third kappa shape index (κ3) is 9.90. The van der Waals surface area contributed by atoms with Crippen molar-refractivity contribution in [2.75, 3.05) is 13.7 Å². The second-order valence-electron chi connectivity index (χ2n) is 10.4. The fourth-order valence-electron chi connectivity index (χ4n) is 4.63. The van der Waals surface area contributed by atoms with Crippen molar-refractivity contribution >= 4 is 17.7 Å². The Morgan fingerprint density at radius 1 is 0.756 bits per heavy atom. The number of carbonyl (C=O) groups excluding carboxylic acids is 3. The van der Waals surface area contributed by atoms with Gasteiger partial charge in [0.1, 0.15) is 23.6 Å². The normalized spacial score (nSPS) is 12.0. The number of ether oxygens (including phenoxy) is 2. The molecule has 10 nitrogen and oxygen atoms in total. The maximum absolute atomic E-state index is 13.9. The molecule has 10 heteroatoms. The van der Waals surface area contributed by atoms with Gasteiger partial charge in [0, 0.05) is 43.4 Å². The van der Waals surface area contributed by atoms with Gasteiger partial charge in [-0.05, 0) is 72.1 Å². The highest BCUT2D eigenvalue weighted by Gasteiger charge is 2.28. The molecule has 0 spiro atoms. The Morgan fingerprint density at radius 3 is 2.02 bits per heavy atom. The van der Waals surface area contributed by atoms with Crippen LogP contribution in [0.2, 0.25) is 0 Å². The molecule has 5 N–H and O–H groups in total. The van der Waals surface area contributed by atoms with E-state index in [9.17, 15) is 14.4 Å². The highest BCUT2D eigenvalue weighted by Crippen LogP contribution is 2.15. The summed E-state index contributed by atoms with van der Waals surface area (Å²) >= 11 is 0. The van der Waals surface area contributed by atoms with E-state index in [0.717, 1.165) is 16.7 Å². The number of aromatic nitrogens is 1. The summed E-state index contributed by atoms with van der Waals surface area (Å²) in [6.07, 6.45) is 1.98. The second-order valence-corrected chi connectivity index (χ2v) is 10.4. The Kier molecular flexibility index (Phi) is 12.0. The predicted octanol–water partition coefficient (Wildman–Crippen LogP) is 3.33. The van der Waals surface area contributed by atoms with Crippen LogP contribution in [0.5, 0.6) is 11.5 Å². The van der Waals surface area contributed by atoms with E-state index in [1.54, 1.807) is 49.7 Å². The first-order chi connectivity index (χ1) is 21.9. The molecule has 1 aromatic heterocycles. The van der Waals surface area contributed by atoms with Crippen molar-refractivity contribution in [1.29, 1.82) is 0 Å². The summed E-state index contributed by atoms with van der Waals surface area (Å²) in [6, 6.07) is 25.0. The number of hydrogen-bond acceptors (Lipinski definition) is 7. The number of amides is 3. The van der Waals surface area contributed by atoms with Gasteiger partial charge in [0.15, 0.2) is 0 Å². The van der Waals surface area contributed by atoms with Gasteiger partial charge >= 0.3 is 0 Å². The summed E-state index contributed by atoms with van der Waals surface area (Å²) in [5, 5.41) is 8.66. The maximum atomic E-state index is 13.9. The largest absolute Gasteiger partial charge is 0.497 e. The maximum Gasteiger partial charge on any atom is 0.251 e. The molecule has 2 atom stereocenters. The molecule has 0 bridgehead atoms. The number of nitrogens with zero attached hydrogens (tertiary/aromatic N) is 1. The average molecular weight is 610 g/mol. The number of benzene rings is 3. The first-order valence-electron chi connectivity index (χ1n) is 14.8. The fourth-order valence-corrected chi connectivity index (χ4v) is 4.63. The third-order valence-electron chi connectivity index (χ3n) is 7.15. The molecule has 0 aliphatic heterocycles. The number of nitrogens with one attached hydrogen (secondary N) is 3. The highest BCUT2D eigenvalue weighted by atomic mass is 16.5. The Balaban J connectivity index is 1.54. The number of rotatable bonds is 15. The van der Waals surface area contributed by atoms with Crippen molar-refractivity contribution in [3.05, 3.63) is 125 Å². The van der Waals surface area contributed by atoms with Gasteiger partial charge in [-0.3, -0.25) is 19.4 Å². The van der Waals surface area contributed by atoms with Crippen LogP contribution < -0.4 is 31.2 Å². The molecular weight excluding hydrogens is 570 g/mol. The van der Waals surface area contributed by atoms with Gasteiger partial charge in [0.2, 0.25) is 11.8 Å². The highest BCUT2D eigenvalue weighted by molar-refractivity contribution is 5.98. The first kappa shape index (κ1) is 32.7. The molecule has 1 heterocycles. The topological polar surface area (TPSA) is 145 Å². The van der Waals surface area contributed by atoms with Crippen molar-refractivity contribution in [1.82, 2.24) is 20.9 Å². The zero-order valence-electron chi connectivity index (χ0n) is 25.5. The number of carbonyl (C=O) groups is 3. The summed E-state index contributed by atoms with van der Waals surface area (Å²) in [6.45, 7) is 3.12. The van der Waals surface area contributed by atoms with E-state index in [1.807, 2.05) is 61.5 Å². The summed E-state index contributed by atoms with van der Waals surface area (Å²) in [5.41, 5.74) is 9.38. The van der Waals surface area contributed by atoms with E-state index < -0.39 is 23.9 Å². The molecule has 0 fully saturated rings. The Hall–Kier alpha value is -5.22. The van der Waals surface area contributed by atoms with Crippen LogP contribution >= 0.6 is 0 Å². The lowest BCUT2D eigenvalue weighted by Crippen LogP contribution is -2.55. The fraction of sp³-hybridized carbons (Fsp3) is 0.257. The molecule has 234 valence electrons. The van der Waals surface area contributed by atoms with Crippen molar-refractivity contribution in [2.45, 2.75) is 44.9 Å². The molecule has 0 aliphatic carbocycles. The summed E-state index contributed by atoms with van der Waals surface area (Å²) in [7, 11) is 1.54. The van der Waals surface area contributed by atoms with Gasteiger partial charge in [-0.1, -0.05) is 42.5 Å². The number of nitrogens with two attached hydrogens (primary N) is 1. The molecule has 0 saturated heterocycles. The number of hydrogen-bond donors (Lipinski definition) is 4. The van der Waals surface area contributed by atoms with Crippen LogP contribution in [0, 0.1) is 0 Å². The standard InChI is InChI=1S/C35H39N5O5/c1-3-45-30-15-11-24(12-16-30)20-31(39-33(41)27-13-17-29(44-2)18-14-27)35(43)40-32(21-28-6-4-5-19-37-28)34(42)38-23-26-9-7-25(22-36)8-10-26/h4-19,31-32H,3,20-23,36H2,1-2H3,(H,38,42)(H,39,41)(H,40,43). The lowest BCUT2D eigenvalue weighted by molar-refractivity contribution is -0.130. The van der Waals surface area contributed by atoms with E-state index in [4.69, 9.17) is 15.2 Å². The van der Waals surface area contributed by atoms with Crippen molar-refractivity contribution in [3.8, 4) is 11.5 Å². The molecule has 4 aromatic rings. The zero-order chi connectivity index (χ0) is 32.0. The minimum absolute atomic E-state index is 0.159. The minimum atomic E-state index is -0.986. The van der Waals surface area contributed by atoms with E-state index in [-0.39, 0.29) is 25.3 Å². The molecule has 3 amide bonds. The van der Waals surface area contributed by atoms with Crippen molar-refractivity contribution in [3.63, 3.8) is 0 Å². The molecule has 0 aliphatic rings. The van der Waals surface area contributed by atoms with Crippen molar-refractivity contribution in [2.24, 2.45) is 5.73 Å². The molecule has 3 aromatic carbocycles. The molecular formula is C35H39N5O5. The lowest BCUT2D eigenvalue weighted by atomic mass is 10.0. The van der Waals surface area contributed by atoms with Crippen LogP contribution in [0.3, 0.4) is 0 Å². The predicted molar refractivity (Wildman–Crippen MR) is 172 cm³/mol. The Morgan fingerprint density at radius 2 is 1.40 bits per heavy atom. The Bertz CT molecular complexity index is 1530. The van der Waals surface area contributed by atoms with Crippen LogP contribution in [-0.4, -0.2) is 48.5 Å². The van der Waals surface area contributed by atoms with E-state index in [2.05, 4.69) is 20.9 Å². The van der Waals surface area contributed by atoms with E-state index >= 15 is 0 Å². The lowest BCUT2D eigenvalue weighted by Gasteiger charge is -2.23. The van der Waals surface area contributed by atoms with E-state index in [1.165, 1.54) is 0 Å². The van der Waals surface area contributed by atoms with Crippen LogP contribution in [0.25, 0.3) is 0 Å². The second kappa shape index (κ2) is 16.6. The molecule has 0 saturated carbocycles. The van der Waals surface area contributed by atoms with Gasteiger partial charge in [-0.2, -0.15) is 0 Å². The molecule has 45 heavy (non-hydrogen) atoms. The van der Waals surface area contributed by atoms with Crippen molar-refractivity contribution < 1.29 is 23.9 Å². The molecule has 2 unspecified atom stereocenters. The van der Waals surface area contributed by atoms with Crippen LogP contribution in [0.15, 0.2) is 97.2 Å². The number of methoxy groups -OCH3 is 1. The zero-order valence-corrected chi connectivity index (χ0v) is 25.5. The van der Waals surface area contributed by atoms with Gasteiger partial charge in [-0.25, -0.2) is 0 Å². The molecule has 0 radical (unpaired) electrons. The monoisotopic (exact) mass is 609 g/mol. The van der Waals surface area contributed by atoms with Crippen LogP contribution in [0.4, 0.5) is 0 Å². The average Bonchev–Trinajstić information content (AvgIpc) is 3.08. The first-order valence-corrected chi connectivity index (χ1v) is 14.8. The number of pyridine rings is 1. The third-order valence-corrected chi connectivity index (χ3v) is 7.15. The van der Waals surface area contributed by atoms with Gasteiger partial charge in [0.05, 0.1) is 13.7 Å². The summed E-state index contributed by atoms with van der Waals surface area (Å²) in [5.74, 6) is -0.00839. The van der Waals surface area contributed by atoms with Gasteiger partial charge in [0.25, 0.3) is 5.91 Å². The smallest absolute Gasteiger partial charge is 0.251 e. The Labute approximate surface area is 263 Å². The minimum Gasteiger partial charge on any atom is -0.497 e. The summed E-state index contributed by atoms with van der Waals surface area (Å²) < 4.78 is 10.7. The van der Waals surface area contributed by atoms with Gasteiger partial charge in [-0.15, -0.1) is 0 Å².